The van der Waals surface area contributed by atoms with Gasteiger partial charge in [-0.25, -0.2) is 30.7 Å². The molecule has 1 aliphatic heterocycles. The van der Waals surface area contributed by atoms with Crippen LogP contribution in [0.25, 0.3) is 0 Å². The Morgan fingerprint density at radius 1 is 0.929 bits per heavy atom. The Kier molecular flexibility index (Phi) is 15.4. The van der Waals surface area contributed by atoms with Crippen molar-refractivity contribution in [3.8, 4) is 0 Å². The Bertz CT molecular complexity index is 1610. The fraction of sp³-hybridized carbons (Fsp3) is 0.667. The second-order valence-corrected chi connectivity index (χ2v) is 15.4. The largest absolute Gasteiger partial charge is 0.386 e. The van der Waals surface area contributed by atoms with Gasteiger partial charge < -0.3 is 25.6 Å². The number of halogens is 7. The number of aromatic nitrogens is 2. The van der Waals surface area contributed by atoms with Crippen LogP contribution in [0.4, 0.5) is 36.4 Å². The average molecular weight is 803 g/mol. The molecule has 0 radical (unpaired) electrons. The number of hydrogen-bond acceptors (Lipinski definition) is 6. The van der Waals surface area contributed by atoms with Gasteiger partial charge in [0.15, 0.2) is 0 Å². The van der Waals surface area contributed by atoms with Crippen LogP contribution in [0.2, 0.25) is 0 Å². The van der Waals surface area contributed by atoms with E-state index in [4.69, 9.17) is 0 Å². The Morgan fingerprint density at radius 2 is 1.57 bits per heavy atom. The Hall–Kier alpha value is -4.18. The number of nitrogens with zero attached hydrogens (tertiary/aromatic N) is 3. The molecule has 3 amide bonds. The SMILES string of the molecule is CCC(=O)NC(C)C1(c2ccc(NC)c(F)c2)CC1.O=CC(NC(=O)c1ccnn1CC1CC(F)(F)C1)C1CCC(F)(F)CC1.O=CN1CCC(C(F)F)CC1. The second kappa shape index (κ2) is 19.3. The molecule has 4 aliphatic rings. The van der Waals surface area contributed by atoms with Crippen LogP contribution in [-0.2, 0) is 26.3 Å². The van der Waals surface area contributed by atoms with E-state index < -0.39 is 36.1 Å². The fourth-order valence-electron chi connectivity index (χ4n) is 7.63. The molecule has 3 N–H and O–H groups in total. The van der Waals surface area contributed by atoms with Crippen LogP contribution in [-0.4, -0.2) is 89.7 Å². The monoisotopic (exact) mass is 802 g/mol. The molecule has 17 heteroatoms. The van der Waals surface area contributed by atoms with Gasteiger partial charge in [-0.1, -0.05) is 13.0 Å². The standard InChI is InChI=1S/C17H21F4N3O2.C15H21FN2O.C7H11F2NO/c18-16(19)4-1-12(2-5-16)13(10-25)23-15(26)14-3-6-22-24(14)9-11-7-17(20,21)8-11;1-4-14(19)18-10(2)15(7-8-15)11-5-6-13(17-3)12(16)9-11;8-7(9)6-1-3-10(5-11)4-2-6/h3,6,10-13H,1-2,4-5,7-9H2,(H,23,26);5-6,9-10,17H,4,7-8H2,1-3H3,(H,18,19);5-7H,1-4H2. The van der Waals surface area contributed by atoms with Gasteiger partial charge in [0.1, 0.15) is 17.8 Å². The van der Waals surface area contributed by atoms with E-state index in [0.29, 0.717) is 44.3 Å². The van der Waals surface area contributed by atoms with Gasteiger partial charge in [0.05, 0.1) is 11.7 Å². The molecule has 6 rings (SSSR count). The summed E-state index contributed by atoms with van der Waals surface area (Å²) in [5.41, 5.74) is 1.57. The van der Waals surface area contributed by atoms with Gasteiger partial charge in [-0.05, 0) is 81.0 Å². The number of piperidine rings is 1. The zero-order chi connectivity index (χ0) is 41.3. The maximum absolute atomic E-state index is 13.9. The number of carbonyl (C=O) groups is 4. The molecule has 312 valence electrons. The minimum Gasteiger partial charge on any atom is -0.386 e. The first kappa shape index (κ1) is 44.5. The predicted molar refractivity (Wildman–Crippen MR) is 195 cm³/mol. The van der Waals surface area contributed by atoms with E-state index >= 15 is 0 Å². The van der Waals surface area contributed by atoms with Crippen molar-refractivity contribution >= 4 is 30.2 Å². The molecule has 2 unspecified atom stereocenters. The zero-order valence-electron chi connectivity index (χ0n) is 32.0. The molecule has 3 saturated carbocycles. The number of amides is 3. The molecule has 1 saturated heterocycles. The predicted octanol–water partition coefficient (Wildman–Crippen LogP) is 6.98. The van der Waals surface area contributed by atoms with Gasteiger partial charge in [-0.15, -0.1) is 0 Å². The van der Waals surface area contributed by atoms with E-state index in [9.17, 15) is 49.9 Å². The maximum Gasteiger partial charge on any atom is 0.270 e. The van der Waals surface area contributed by atoms with Crippen molar-refractivity contribution in [2.75, 3.05) is 25.5 Å². The van der Waals surface area contributed by atoms with Crippen LogP contribution >= 0.6 is 0 Å². The summed E-state index contributed by atoms with van der Waals surface area (Å²) >= 11 is 0. The van der Waals surface area contributed by atoms with Gasteiger partial charge in [-0.3, -0.25) is 19.1 Å². The third-order valence-corrected chi connectivity index (χ3v) is 11.5. The molecule has 1 aromatic carbocycles. The third kappa shape index (κ3) is 11.9. The summed E-state index contributed by atoms with van der Waals surface area (Å²) in [7, 11) is 1.70. The van der Waals surface area contributed by atoms with Crippen LogP contribution < -0.4 is 16.0 Å². The number of alkyl halides is 6. The highest BCUT2D eigenvalue weighted by Gasteiger charge is 2.49. The highest BCUT2D eigenvalue weighted by molar-refractivity contribution is 5.94. The van der Waals surface area contributed by atoms with Crippen molar-refractivity contribution in [2.24, 2.45) is 17.8 Å². The minimum absolute atomic E-state index is 0.0415. The first-order valence-electron chi connectivity index (χ1n) is 19.2. The minimum atomic E-state index is -2.71. The first-order valence-corrected chi connectivity index (χ1v) is 19.2. The molecule has 56 heavy (non-hydrogen) atoms. The number of aldehydes is 1. The van der Waals surface area contributed by atoms with Gasteiger partial charge in [0.2, 0.25) is 30.6 Å². The lowest BCUT2D eigenvalue weighted by molar-refractivity contribution is -0.122. The first-order chi connectivity index (χ1) is 26.5. The lowest BCUT2D eigenvalue weighted by atomic mass is 9.81. The summed E-state index contributed by atoms with van der Waals surface area (Å²) < 4.78 is 91.7. The zero-order valence-corrected chi connectivity index (χ0v) is 32.0. The van der Waals surface area contributed by atoms with E-state index in [1.54, 1.807) is 24.1 Å². The Morgan fingerprint density at radius 3 is 2.07 bits per heavy atom. The number of carbonyl (C=O) groups excluding carboxylic acids is 4. The summed E-state index contributed by atoms with van der Waals surface area (Å²) in [4.78, 5) is 47.0. The molecule has 2 aromatic rings. The van der Waals surface area contributed by atoms with E-state index in [-0.39, 0.29) is 85.8 Å². The van der Waals surface area contributed by atoms with Crippen molar-refractivity contribution in [3.63, 3.8) is 0 Å². The highest BCUT2D eigenvalue weighted by atomic mass is 19.3. The number of rotatable bonds is 13. The van der Waals surface area contributed by atoms with Crippen molar-refractivity contribution in [2.45, 2.75) is 127 Å². The molecule has 10 nitrogen and oxygen atoms in total. The van der Waals surface area contributed by atoms with Crippen LogP contribution in [0.1, 0.15) is 101 Å². The van der Waals surface area contributed by atoms with Crippen LogP contribution in [0.15, 0.2) is 30.5 Å². The molecule has 2 heterocycles. The van der Waals surface area contributed by atoms with Crippen molar-refractivity contribution in [1.29, 1.82) is 0 Å². The van der Waals surface area contributed by atoms with Gasteiger partial charge in [0, 0.05) is 82.4 Å². The molecule has 0 bridgehead atoms. The van der Waals surface area contributed by atoms with Crippen molar-refractivity contribution < 1.29 is 49.9 Å². The van der Waals surface area contributed by atoms with Crippen molar-refractivity contribution in [3.05, 3.63) is 47.5 Å². The number of hydrogen-bond donors (Lipinski definition) is 3. The normalized spacial score (nSPS) is 21.2. The number of anilines is 1. The summed E-state index contributed by atoms with van der Waals surface area (Å²) in [6.07, 6.45) is 3.07. The lowest BCUT2D eigenvalue weighted by Crippen LogP contribution is -2.45. The van der Waals surface area contributed by atoms with Gasteiger partial charge >= 0.3 is 0 Å². The van der Waals surface area contributed by atoms with E-state index in [1.165, 1.54) is 16.9 Å². The van der Waals surface area contributed by atoms with Gasteiger partial charge in [-0.2, -0.15) is 5.10 Å². The fourth-order valence-corrected chi connectivity index (χ4v) is 7.63. The maximum atomic E-state index is 13.9. The molecule has 4 fully saturated rings. The molecule has 3 aliphatic carbocycles. The van der Waals surface area contributed by atoms with E-state index in [2.05, 4.69) is 21.0 Å². The number of likely N-dealkylation sites (tertiary alicyclic amines) is 1. The lowest BCUT2D eigenvalue weighted by Gasteiger charge is -2.35. The van der Waals surface area contributed by atoms with Crippen LogP contribution in [0.3, 0.4) is 0 Å². The number of benzene rings is 1. The van der Waals surface area contributed by atoms with Crippen LogP contribution in [0, 0.1) is 23.6 Å². The summed E-state index contributed by atoms with van der Waals surface area (Å²) in [6.45, 7) is 5.01. The smallest absolute Gasteiger partial charge is 0.270 e. The number of nitrogens with one attached hydrogen (secondary N) is 3. The van der Waals surface area contributed by atoms with Crippen molar-refractivity contribution in [1.82, 2.24) is 25.3 Å². The molecular weight excluding hydrogens is 749 g/mol. The Balaban J connectivity index is 0.000000203. The highest BCUT2D eigenvalue weighted by Crippen LogP contribution is 2.51. The van der Waals surface area contributed by atoms with E-state index in [1.807, 2.05) is 19.9 Å². The van der Waals surface area contributed by atoms with Crippen LogP contribution in [0.5, 0.6) is 0 Å². The topological polar surface area (TPSA) is 125 Å². The van der Waals surface area contributed by atoms with E-state index in [0.717, 1.165) is 24.8 Å². The molecule has 1 aromatic heterocycles. The summed E-state index contributed by atoms with van der Waals surface area (Å²) in [5, 5.41) is 12.4. The third-order valence-electron chi connectivity index (χ3n) is 11.5. The summed E-state index contributed by atoms with van der Waals surface area (Å²) in [6, 6.07) is 5.95. The average Bonchev–Trinajstić information content (AvgIpc) is 3.85. The molecule has 2 atom stereocenters. The molecule has 0 spiro atoms. The summed E-state index contributed by atoms with van der Waals surface area (Å²) in [5.74, 6) is -7.18. The quantitative estimate of drug-likeness (QED) is 0.148. The Labute approximate surface area is 322 Å². The second-order valence-electron chi connectivity index (χ2n) is 15.4. The van der Waals surface area contributed by atoms with Gasteiger partial charge in [0.25, 0.3) is 5.91 Å². The molecular formula is C39H53F7N6O4.